The minimum absolute atomic E-state index is 0.0754. The molecule has 138 valence electrons. The maximum absolute atomic E-state index is 12.8. The molecule has 0 unspecified atom stereocenters. The minimum Gasteiger partial charge on any atom is -0.324 e. The Labute approximate surface area is 165 Å². The molecule has 0 aromatic heterocycles. The largest absolute Gasteiger partial charge is 0.324 e. The van der Waals surface area contributed by atoms with E-state index in [2.05, 4.69) is 34.9 Å². The fourth-order valence-electron chi connectivity index (χ4n) is 2.97. The highest BCUT2D eigenvalue weighted by molar-refractivity contribution is 6.31. The Kier molecular flexibility index (Phi) is 6.28. The third-order valence-electron chi connectivity index (χ3n) is 4.53. The molecule has 3 nitrogen and oxygen atoms in total. The van der Waals surface area contributed by atoms with Crippen LogP contribution in [0.1, 0.15) is 29.7 Å². The molecule has 3 rings (SSSR count). The van der Waals surface area contributed by atoms with Gasteiger partial charge in [-0.1, -0.05) is 78.3 Å². The number of hydrogen-bond acceptors (Lipinski definition) is 2. The summed E-state index contributed by atoms with van der Waals surface area (Å²) in [6.07, 6.45) is 0. The summed E-state index contributed by atoms with van der Waals surface area (Å²) in [6, 6.07) is 25.3. The summed E-state index contributed by atoms with van der Waals surface area (Å²) in [5.74, 6) is -0.0998. The van der Waals surface area contributed by atoms with Crippen molar-refractivity contribution >= 4 is 23.2 Å². The van der Waals surface area contributed by atoms with E-state index < -0.39 is 6.04 Å². The van der Waals surface area contributed by atoms with E-state index in [1.54, 1.807) is 6.07 Å². The van der Waals surface area contributed by atoms with Crippen LogP contribution in [0.25, 0.3) is 0 Å². The van der Waals surface area contributed by atoms with Crippen molar-refractivity contribution in [2.75, 3.05) is 5.32 Å². The molecule has 0 bridgehead atoms. The van der Waals surface area contributed by atoms with Gasteiger partial charge in [-0.2, -0.15) is 0 Å². The molecule has 2 N–H and O–H groups in total. The summed E-state index contributed by atoms with van der Waals surface area (Å²) < 4.78 is 0. The van der Waals surface area contributed by atoms with Crippen LogP contribution in [0, 0.1) is 6.92 Å². The number of carbonyl (C=O) groups excluding carboxylic acids is 1. The van der Waals surface area contributed by atoms with Crippen molar-refractivity contribution < 1.29 is 4.79 Å². The van der Waals surface area contributed by atoms with Crippen LogP contribution in [0.4, 0.5) is 5.69 Å². The van der Waals surface area contributed by atoms with Gasteiger partial charge < -0.3 is 5.32 Å². The summed E-state index contributed by atoms with van der Waals surface area (Å²) in [5.41, 5.74) is 3.93. The Morgan fingerprint density at radius 2 is 1.44 bits per heavy atom. The molecule has 1 atom stereocenters. The average Bonchev–Trinajstić information content (AvgIpc) is 2.70. The maximum Gasteiger partial charge on any atom is 0.241 e. The number of carbonyl (C=O) groups is 1. The standard InChI is InChI=1S/C23H23ClN2O/c1-16-13-14-20(24)15-21(16)26-23(27)17(2)25-22(18-9-5-3-6-10-18)19-11-7-4-8-12-19/h3-15,17,22,25H,1-2H3,(H,26,27)/t17-/m1/s1. The molecular weight excluding hydrogens is 356 g/mol. The number of aryl methyl sites for hydroxylation is 1. The molecule has 27 heavy (non-hydrogen) atoms. The van der Waals surface area contributed by atoms with Gasteiger partial charge in [-0.15, -0.1) is 0 Å². The van der Waals surface area contributed by atoms with Crippen molar-refractivity contribution in [3.63, 3.8) is 0 Å². The highest BCUT2D eigenvalue weighted by Crippen LogP contribution is 2.23. The van der Waals surface area contributed by atoms with Crippen molar-refractivity contribution in [3.05, 3.63) is 101 Å². The van der Waals surface area contributed by atoms with Crippen LogP contribution in [-0.4, -0.2) is 11.9 Å². The van der Waals surface area contributed by atoms with Crippen LogP contribution < -0.4 is 10.6 Å². The highest BCUT2D eigenvalue weighted by Gasteiger charge is 2.21. The first-order chi connectivity index (χ1) is 13.0. The van der Waals surface area contributed by atoms with E-state index in [0.717, 1.165) is 22.4 Å². The van der Waals surface area contributed by atoms with Crippen LogP contribution in [0.5, 0.6) is 0 Å². The molecule has 3 aromatic carbocycles. The lowest BCUT2D eigenvalue weighted by atomic mass is 9.98. The SMILES string of the molecule is Cc1ccc(Cl)cc1NC(=O)[C@@H](C)NC(c1ccccc1)c1ccccc1. The molecule has 0 fully saturated rings. The zero-order valence-corrected chi connectivity index (χ0v) is 16.2. The van der Waals surface area contributed by atoms with Crippen LogP contribution in [0.15, 0.2) is 78.9 Å². The van der Waals surface area contributed by atoms with Gasteiger partial charge in [0.1, 0.15) is 0 Å². The van der Waals surface area contributed by atoms with E-state index in [9.17, 15) is 4.79 Å². The predicted octanol–water partition coefficient (Wildman–Crippen LogP) is 5.35. The molecular formula is C23H23ClN2O. The second-order valence-electron chi connectivity index (χ2n) is 6.59. The van der Waals surface area contributed by atoms with Gasteiger partial charge in [-0.3, -0.25) is 10.1 Å². The first-order valence-electron chi connectivity index (χ1n) is 8.97. The van der Waals surface area contributed by atoms with Crippen LogP contribution in [-0.2, 0) is 4.79 Å². The van der Waals surface area contributed by atoms with E-state index in [-0.39, 0.29) is 11.9 Å². The van der Waals surface area contributed by atoms with E-state index in [1.165, 1.54) is 0 Å². The highest BCUT2D eigenvalue weighted by atomic mass is 35.5. The molecule has 0 aliphatic carbocycles. The van der Waals surface area contributed by atoms with Crippen LogP contribution in [0.3, 0.4) is 0 Å². The lowest BCUT2D eigenvalue weighted by Crippen LogP contribution is -2.40. The van der Waals surface area contributed by atoms with Crippen molar-refractivity contribution in [2.24, 2.45) is 0 Å². The second-order valence-corrected chi connectivity index (χ2v) is 7.03. The van der Waals surface area contributed by atoms with Crippen molar-refractivity contribution in [2.45, 2.75) is 25.9 Å². The summed E-state index contributed by atoms with van der Waals surface area (Å²) in [7, 11) is 0. The number of anilines is 1. The van der Waals surface area contributed by atoms with E-state index in [0.29, 0.717) is 5.02 Å². The number of amides is 1. The Morgan fingerprint density at radius 3 is 2.00 bits per heavy atom. The third kappa shape index (κ3) is 4.97. The predicted molar refractivity (Wildman–Crippen MR) is 112 cm³/mol. The molecule has 0 saturated carbocycles. The summed E-state index contributed by atoms with van der Waals surface area (Å²) >= 11 is 6.06. The lowest BCUT2D eigenvalue weighted by Gasteiger charge is -2.24. The zero-order valence-electron chi connectivity index (χ0n) is 15.4. The zero-order chi connectivity index (χ0) is 19.2. The Bertz CT molecular complexity index is 857. The van der Waals surface area contributed by atoms with Crippen LogP contribution >= 0.6 is 11.6 Å². The van der Waals surface area contributed by atoms with Crippen molar-refractivity contribution in [1.29, 1.82) is 0 Å². The van der Waals surface area contributed by atoms with Gasteiger partial charge in [0.15, 0.2) is 0 Å². The van der Waals surface area contributed by atoms with E-state index in [1.807, 2.05) is 62.4 Å². The molecule has 3 aromatic rings. The summed E-state index contributed by atoms with van der Waals surface area (Å²) in [4.78, 5) is 12.8. The number of halogens is 1. The number of benzene rings is 3. The average molecular weight is 379 g/mol. The second kappa shape index (κ2) is 8.85. The number of hydrogen-bond donors (Lipinski definition) is 2. The van der Waals surface area contributed by atoms with Crippen LogP contribution in [0.2, 0.25) is 5.02 Å². The minimum atomic E-state index is -0.395. The molecule has 4 heteroatoms. The normalized spacial score (nSPS) is 12.0. The number of nitrogens with one attached hydrogen (secondary N) is 2. The first kappa shape index (κ1) is 19.2. The van der Waals surface area contributed by atoms with E-state index in [4.69, 9.17) is 11.6 Å². The van der Waals surface area contributed by atoms with E-state index >= 15 is 0 Å². The third-order valence-corrected chi connectivity index (χ3v) is 4.77. The quantitative estimate of drug-likeness (QED) is 0.606. The molecule has 0 saturated heterocycles. The fraction of sp³-hybridized carbons (Fsp3) is 0.174. The summed E-state index contributed by atoms with van der Waals surface area (Å²) in [6.45, 7) is 3.81. The van der Waals surface area contributed by atoms with Gasteiger partial charge in [0, 0.05) is 10.7 Å². The molecule has 0 heterocycles. The van der Waals surface area contributed by atoms with Gasteiger partial charge in [0.25, 0.3) is 0 Å². The topological polar surface area (TPSA) is 41.1 Å². The molecule has 0 aliphatic heterocycles. The smallest absolute Gasteiger partial charge is 0.241 e. The maximum atomic E-state index is 12.8. The van der Waals surface area contributed by atoms with Gasteiger partial charge in [0.05, 0.1) is 12.1 Å². The number of rotatable bonds is 6. The molecule has 0 spiro atoms. The Morgan fingerprint density at radius 1 is 0.889 bits per heavy atom. The molecule has 0 radical (unpaired) electrons. The summed E-state index contributed by atoms with van der Waals surface area (Å²) in [5, 5.41) is 7.03. The van der Waals surface area contributed by atoms with Gasteiger partial charge in [-0.05, 0) is 42.7 Å². The first-order valence-corrected chi connectivity index (χ1v) is 9.35. The van der Waals surface area contributed by atoms with Gasteiger partial charge in [-0.25, -0.2) is 0 Å². The Hall–Kier alpha value is -2.62. The Balaban J connectivity index is 1.79. The van der Waals surface area contributed by atoms with Crippen molar-refractivity contribution in [3.8, 4) is 0 Å². The lowest BCUT2D eigenvalue weighted by molar-refractivity contribution is -0.117. The monoisotopic (exact) mass is 378 g/mol. The molecule has 0 aliphatic rings. The van der Waals surface area contributed by atoms with Gasteiger partial charge in [0.2, 0.25) is 5.91 Å². The van der Waals surface area contributed by atoms with Crippen molar-refractivity contribution in [1.82, 2.24) is 5.32 Å². The fourth-order valence-corrected chi connectivity index (χ4v) is 3.14. The van der Waals surface area contributed by atoms with Gasteiger partial charge >= 0.3 is 0 Å². The molecule has 1 amide bonds.